The molecule has 0 aromatic rings. The fourth-order valence-corrected chi connectivity index (χ4v) is 4.26. The minimum absolute atomic E-state index is 0.161. The number of ether oxygens (including phenoxy) is 2. The van der Waals surface area contributed by atoms with E-state index in [9.17, 15) is 4.79 Å². The molecule has 0 bridgehead atoms. The van der Waals surface area contributed by atoms with Crippen LogP contribution < -0.4 is 5.32 Å². The zero-order chi connectivity index (χ0) is 19.9. The summed E-state index contributed by atoms with van der Waals surface area (Å²) in [5.74, 6) is 1.12. The molecule has 3 aliphatic rings. The zero-order valence-electron chi connectivity index (χ0n) is 17.7. The molecule has 3 fully saturated rings. The van der Waals surface area contributed by atoms with Crippen LogP contribution >= 0.6 is 0 Å². The number of piperazine rings is 1. The number of nitrogens with one attached hydrogen (secondary N) is 1. The van der Waals surface area contributed by atoms with Gasteiger partial charge in [-0.2, -0.15) is 0 Å². The monoisotopic (exact) mass is 395 g/mol. The van der Waals surface area contributed by atoms with Gasteiger partial charge in [-0.15, -0.1) is 0 Å². The van der Waals surface area contributed by atoms with Gasteiger partial charge in [-0.1, -0.05) is 0 Å². The highest BCUT2D eigenvalue weighted by Gasteiger charge is 2.31. The third kappa shape index (κ3) is 5.36. The van der Waals surface area contributed by atoms with Gasteiger partial charge in [0.1, 0.15) is 6.10 Å². The van der Waals surface area contributed by atoms with Crippen molar-refractivity contribution in [2.24, 2.45) is 4.99 Å². The van der Waals surface area contributed by atoms with Gasteiger partial charge >= 0.3 is 0 Å². The van der Waals surface area contributed by atoms with Crippen LogP contribution in [0.2, 0.25) is 0 Å². The van der Waals surface area contributed by atoms with Crippen molar-refractivity contribution in [3.63, 3.8) is 0 Å². The Hall–Kier alpha value is -1.38. The normalized spacial score (nSPS) is 28.5. The predicted octanol–water partition coefficient (Wildman–Crippen LogP) is 0.384. The number of nitrogens with zero attached hydrogens (tertiary/aromatic N) is 4. The van der Waals surface area contributed by atoms with Gasteiger partial charge in [-0.25, -0.2) is 0 Å². The van der Waals surface area contributed by atoms with E-state index in [2.05, 4.69) is 35.9 Å². The van der Waals surface area contributed by atoms with Gasteiger partial charge in [0, 0.05) is 58.0 Å². The lowest BCUT2D eigenvalue weighted by molar-refractivity contribution is -0.142. The first-order valence-corrected chi connectivity index (χ1v) is 10.9. The van der Waals surface area contributed by atoms with E-state index >= 15 is 0 Å². The smallest absolute Gasteiger partial charge is 0.251 e. The summed E-state index contributed by atoms with van der Waals surface area (Å²) in [5, 5.41) is 3.43. The molecule has 0 spiro atoms. The number of rotatable bonds is 5. The van der Waals surface area contributed by atoms with E-state index in [0.29, 0.717) is 18.7 Å². The molecular weight excluding hydrogens is 358 g/mol. The molecule has 1 amide bonds. The van der Waals surface area contributed by atoms with Crippen molar-refractivity contribution in [2.75, 3.05) is 65.6 Å². The van der Waals surface area contributed by atoms with Gasteiger partial charge in [0.15, 0.2) is 5.96 Å². The van der Waals surface area contributed by atoms with Crippen molar-refractivity contribution >= 4 is 11.9 Å². The Bertz CT molecular complexity index is 530. The highest BCUT2D eigenvalue weighted by Crippen LogP contribution is 2.16. The van der Waals surface area contributed by atoms with Crippen LogP contribution in [-0.4, -0.2) is 110 Å². The van der Waals surface area contributed by atoms with Gasteiger partial charge in [-0.05, 0) is 33.6 Å². The molecule has 0 radical (unpaired) electrons. The first-order chi connectivity index (χ1) is 13.6. The summed E-state index contributed by atoms with van der Waals surface area (Å²) in [7, 11) is 0. The van der Waals surface area contributed by atoms with Gasteiger partial charge in [0.2, 0.25) is 0 Å². The molecule has 3 saturated heterocycles. The number of guanidine groups is 1. The second-order valence-corrected chi connectivity index (χ2v) is 8.02. The molecule has 0 aromatic heterocycles. The van der Waals surface area contributed by atoms with Crippen molar-refractivity contribution in [1.82, 2.24) is 20.0 Å². The van der Waals surface area contributed by atoms with E-state index in [4.69, 9.17) is 14.5 Å². The molecule has 1 N–H and O–H groups in total. The average molecular weight is 396 g/mol. The van der Waals surface area contributed by atoms with Crippen LogP contribution in [0, 0.1) is 0 Å². The molecule has 3 aliphatic heterocycles. The van der Waals surface area contributed by atoms with E-state index in [1.54, 1.807) is 0 Å². The van der Waals surface area contributed by atoms with Crippen LogP contribution in [0.5, 0.6) is 0 Å². The van der Waals surface area contributed by atoms with E-state index in [-0.39, 0.29) is 12.0 Å². The minimum atomic E-state index is -0.218. The molecule has 0 saturated carbocycles. The Morgan fingerprint density at radius 3 is 2.57 bits per heavy atom. The number of amides is 1. The van der Waals surface area contributed by atoms with Crippen molar-refractivity contribution in [3.8, 4) is 0 Å². The first kappa shape index (κ1) is 21.3. The van der Waals surface area contributed by atoms with Crippen molar-refractivity contribution in [3.05, 3.63) is 0 Å². The van der Waals surface area contributed by atoms with Crippen LogP contribution in [0.4, 0.5) is 0 Å². The highest BCUT2D eigenvalue weighted by atomic mass is 16.5. The predicted molar refractivity (Wildman–Crippen MR) is 110 cm³/mol. The maximum Gasteiger partial charge on any atom is 0.251 e. The zero-order valence-corrected chi connectivity index (χ0v) is 17.7. The van der Waals surface area contributed by atoms with Crippen molar-refractivity contribution in [1.29, 1.82) is 0 Å². The van der Waals surface area contributed by atoms with Gasteiger partial charge in [0.05, 0.1) is 19.8 Å². The van der Waals surface area contributed by atoms with Crippen LogP contribution in [0.25, 0.3) is 0 Å². The Morgan fingerprint density at radius 2 is 1.93 bits per heavy atom. The Morgan fingerprint density at radius 1 is 1.18 bits per heavy atom. The third-order valence-corrected chi connectivity index (χ3v) is 5.92. The van der Waals surface area contributed by atoms with Crippen LogP contribution in [0.1, 0.15) is 33.6 Å². The third-order valence-electron chi connectivity index (χ3n) is 5.92. The molecule has 3 heterocycles. The Kier molecular flexibility index (Phi) is 7.93. The molecular formula is C20H37N5O3. The molecule has 8 heteroatoms. The number of hydrogen-bond acceptors (Lipinski definition) is 5. The number of hydrogen-bond donors (Lipinski definition) is 1. The molecule has 3 rings (SSSR count). The lowest BCUT2D eigenvalue weighted by Gasteiger charge is -2.38. The standard InChI is InChI=1S/C20H37N5O3/c1-4-21-20(22-14-16(2)25-11-13-27-15-17(25)3)24-9-7-23(8-10-24)19(26)18-6-5-12-28-18/h16-18H,4-15H2,1-3H3,(H,21,22). The molecule has 0 aromatic carbocycles. The minimum Gasteiger partial charge on any atom is -0.379 e. The van der Waals surface area contributed by atoms with E-state index in [1.165, 1.54) is 0 Å². The number of carbonyl (C=O) groups is 1. The van der Waals surface area contributed by atoms with Crippen LogP contribution in [0.15, 0.2) is 4.99 Å². The molecule has 0 aliphatic carbocycles. The molecule has 8 nitrogen and oxygen atoms in total. The second-order valence-electron chi connectivity index (χ2n) is 8.02. The average Bonchev–Trinajstić information content (AvgIpc) is 3.26. The van der Waals surface area contributed by atoms with E-state index < -0.39 is 0 Å². The second kappa shape index (κ2) is 10.4. The fourth-order valence-electron chi connectivity index (χ4n) is 4.26. The topological polar surface area (TPSA) is 69.6 Å². The Balaban J connectivity index is 1.52. The van der Waals surface area contributed by atoms with E-state index in [0.717, 1.165) is 77.8 Å². The molecule has 28 heavy (non-hydrogen) atoms. The summed E-state index contributed by atoms with van der Waals surface area (Å²) in [5.41, 5.74) is 0. The van der Waals surface area contributed by atoms with E-state index in [1.807, 2.05) is 4.90 Å². The van der Waals surface area contributed by atoms with Crippen molar-refractivity contribution < 1.29 is 14.3 Å². The maximum atomic E-state index is 12.5. The number of carbonyl (C=O) groups excluding carboxylic acids is 1. The fraction of sp³-hybridized carbons (Fsp3) is 0.900. The first-order valence-electron chi connectivity index (χ1n) is 10.9. The quantitative estimate of drug-likeness (QED) is 0.536. The summed E-state index contributed by atoms with van der Waals surface area (Å²) in [6.07, 6.45) is 1.64. The summed E-state index contributed by atoms with van der Waals surface area (Å²) in [4.78, 5) is 24.2. The molecule has 3 atom stereocenters. The maximum absolute atomic E-state index is 12.5. The van der Waals surface area contributed by atoms with Gasteiger partial charge < -0.3 is 24.6 Å². The SMILES string of the molecule is CCNC(=NCC(C)N1CCOCC1C)N1CCN(C(=O)C2CCCO2)CC1. The molecule has 160 valence electrons. The number of morpholine rings is 1. The summed E-state index contributed by atoms with van der Waals surface area (Å²) in [6.45, 7) is 14.6. The largest absolute Gasteiger partial charge is 0.379 e. The van der Waals surface area contributed by atoms with Crippen LogP contribution in [0.3, 0.4) is 0 Å². The number of aliphatic imine (C=N–C) groups is 1. The lowest BCUT2D eigenvalue weighted by Crippen LogP contribution is -2.55. The summed E-state index contributed by atoms with van der Waals surface area (Å²) in [6, 6.07) is 0.823. The van der Waals surface area contributed by atoms with Crippen LogP contribution in [-0.2, 0) is 14.3 Å². The lowest BCUT2D eigenvalue weighted by atomic mass is 10.2. The van der Waals surface area contributed by atoms with Gasteiger partial charge in [-0.3, -0.25) is 14.7 Å². The highest BCUT2D eigenvalue weighted by molar-refractivity contribution is 5.82. The molecule has 3 unspecified atom stereocenters. The Labute approximate surface area is 169 Å². The summed E-state index contributed by atoms with van der Waals surface area (Å²) >= 11 is 0. The van der Waals surface area contributed by atoms with Gasteiger partial charge in [0.25, 0.3) is 5.91 Å². The summed E-state index contributed by atoms with van der Waals surface area (Å²) < 4.78 is 11.1. The van der Waals surface area contributed by atoms with Crippen molar-refractivity contribution in [2.45, 2.75) is 51.8 Å².